The highest BCUT2D eigenvalue weighted by molar-refractivity contribution is 6.40. The number of para-hydroxylation sites is 1. The molecule has 0 bridgehead atoms. The van der Waals surface area contributed by atoms with Crippen LogP contribution >= 0.6 is 23.2 Å². The van der Waals surface area contributed by atoms with Gasteiger partial charge in [0, 0.05) is 18.9 Å². The number of pyridine rings is 1. The maximum atomic E-state index is 12.3. The van der Waals surface area contributed by atoms with Gasteiger partial charge in [-0.15, -0.1) is 0 Å². The number of halogens is 2. The van der Waals surface area contributed by atoms with E-state index in [1.54, 1.807) is 31.3 Å². The molecule has 0 unspecified atom stereocenters. The Balaban J connectivity index is 2.33. The van der Waals surface area contributed by atoms with Gasteiger partial charge in [0.2, 0.25) is 0 Å². The van der Waals surface area contributed by atoms with Crippen molar-refractivity contribution >= 4 is 40.5 Å². The van der Waals surface area contributed by atoms with Crippen molar-refractivity contribution in [3.63, 3.8) is 0 Å². The van der Waals surface area contributed by atoms with E-state index >= 15 is 0 Å². The summed E-state index contributed by atoms with van der Waals surface area (Å²) in [7, 11) is 1.74. The molecule has 0 fully saturated rings. The zero-order valence-electron chi connectivity index (χ0n) is 11.0. The smallest absolute Gasteiger partial charge is 0.259 e. The molecule has 1 aromatic heterocycles. The number of amides is 1. The Morgan fingerprint density at radius 1 is 1.25 bits per heavy atom. The average molecular weight is 310 g/mol. The van der Waals surface area contributed by atoms with Gasteiger partial charge in [-0.3, -0.25) is 9.78 Å². The lowest BCUT2D eigenvalue weighted by Crippen LogP contribution is -2.15. The second kappa shape index (κ2) is 6.11. The normalized spacial score (nSPS) is 10.2. The monoisotopic (exact) mass is 309 g/mol. The van der Waals surface area contributed by atoms with Crippen molar-refractivity contribution in [3.8, 4) is 0 Å². The number of carbonyl (C=O) groups is 1. The van der Waals surface area contributed by atoms with E-state index in [0.717, 1.165) is 5.69 Å². The SMILES string of the molecule is CNc1cc(C)ncc1C(=O)Nc1c(Cl)cccc1Cl. The minimum absolute atomic E-state index is 0.322. The molecule has 1 amide bonds. The summed E-state index contributed by atoms with van der Waals surface area (Å²) < 4.78 is 0. The number of aryl methyl sites for hydroxylation is 1. The predicted molar refractivity (Wildman–Crippen MR) is 82.9 cm³/mol. The van der Waals surface area contributed by atoms with Crippen LogP contribution < -0.4 is 10.6 Å². The third kappa shape index (κ3) is 3.03. The standard InChI is InChI=1S/C14H13Cl2N3O/c1-8-6-12(17-2)9(7-18-8)14(20)19-13-10(15)4-3-5-11(13)16/h3-7H,1-2H3,(H,17,18)(H,19,20). The predicted octanol–water partition coefficient (Wildman–Crippen LogP) is 3.99. The number of benzene rings is 1. The quantitative estimate of drug-likeness (QED) is 0.901. The molecule has 0 radical (unpaired) electrons. The zero-order valence-corrected chi connectivity index (χ0v) is 12.5. The van der Waals surface area contributed by atoms with E-state index in [2.05, 4.69) is 15.6 Å². The van der Waals surface area contributed by atoms with Crippen molar-refractivity contribution in [1.82, 2.24) is 4.98 Å². The van der Waals surface area contributed by atoms with Crippen LogP contribution in [0.15, 0.2) is 30.5 Å². The van der Waals surface area contributed by atoms with Gasteiger partial charge in [-0.2, -0.15) is 0 Å². The number of rotatable bonds is 3. The highest BCUT2D eigenvalue weighted by atomic mass is 35.5. The van der Waals surface area contributed by atoms with Crippen LogP contribution in [0.2, 0.25) is 10.0 Å². The molecular formula is C14H13Cl2N3O. The van der Waals surface area contributed by atoms with Crippen molar-refractivity contribution in [2.45, 2.75) is 6.92 Å². The highest BCUT2D eigenvalue weighted by Gasteiger charge is 2.15. The van der Waals surface area contributed by atoms with Gasteiger partial charge in [0.05, 0.1) is 27.0 Å². The Hall–Kier alpha value is -1.78. The summed E-state index contributed by atoms with van der Waals surface area (Å²) in [6, 6.07) is 6.83. The molecule has 0 spiro atoms. The molecule has 0 atom stereocenters. The van der Waals surface area contributed by atoms with E-state index in [0.29, 0.717) is 27.0 Å². The van der Waals surface area contributed by atoms with Crippen LogP contribution in [0.1, 0.15) is 16.1 Å². The number of nitrogens with one attached hydrogen (secondary N) is 2. The minimum Gasteiger partial charge on any atom is -0.387 e. The molecule has 0 aliphatic carbocycles. The fourth-order valence-electron chi connectivity index (χ4n) is 1.75. The summed E-state index contributed by atoms with van der Waals surface area (Å²) in [5.41, 5.74) is 2.33. The summed E-state index contributed by atoms with van der Waals surface area (Å²) >= 11 is 12.1. The number of carbonyl (C=O) groups excluding carboxylic acids is 1. The van der Waals surface area contributed by atoms with E-state index in [1.165, 1.54) is 6.20 Å². The number of nitrogens with zero attached hydrogens (tertiary/aromatic N) is 1. The van der Waals surface area contributed by atoms with Crippen LogP contribution in [0.25, 0.3) is 0 Å². The van der Waals surface area contributed by atoms with Gasteiger partial charge in [-0.25, -0.2) is 0 Å². The lowest BCUT2D eigenvalue weighted by Gasteiger charge is -2.12. The summed E-state index contributed by atoms with van der Waals surface area (Å²) in [5, 5.41) is 6.44. The van der Waals surface area contributed by atoms with Gasteiger partial charge in [-0.1, -0.05) is 29.3 Å². The van der Waals surface area contributed by atoms with E-state index < -0.39 is 0 Å². The van der Waals surface area contributed by atoms with Gasteiger partial charge in [-0.05, 0) is 25.1 Å². The molecule has 4 nitrogen and oxygen atoms in total. The first-order chi connectivity index (χ1) is 9.52. The summed E-state index contributed by atoms with van der Waals surface area (Å²) in [4.78, 5) is 16.4. The lowest BCUT2D eigenvalue weighted by molar-refractivity contribution is 0.102. The zero-order chi connectivity index (χ0) is 14.7. The van der Waals surface area contributed by atoms with Crippen LogP contribution in [0.4, 0.5) is 11.4 Å². The summed E-state index contributed by atoms with van der Waals surface area (Å²) in [6.45, 7) is 1.85. The van der Waals surface area contributed by atoms with Crippen LogP contribution in [-0.2, 0) is 0 Å². The van der Waals surface area contributed by atoms with Gasteiger partial charge >= 0.3 is 0 Å². The molecule has 20 heavy (non-hydrogen) atoms. The second-order valence-corrected chi connectivity index (χ2v) is 4.99. The van der Waals surface area contributed by atoms with Gasteiger partial charge < -0.3 is 10.6 Å². The van der Waals surface area contributed by atoms with E-state index in [9.17, 15) is 4.79 Å². The Bertz CT molecular complexity index is 639. The second-order valence-electron chi connectivity index (χ2n) is 4.17. The largest absolute Gasteiger partial charge is 0.387 e. The van der Waals surface area contributed by atoms with Crippen LogP contribution in [0.5, 0.6) is 0 Å². The first kappa shape index (κ1) is 14.6. The molecule has 2 aromatic rings. The molecule has 0 saturated heterocycles. The molecule has 0 aliphatic heterocycles. The minimum atomic E-state index is -0.322. The number of anilines is 2. The molecular weight excluding hydrogens is 297 g/mol. The van der Waals surface area contributed by atoms with E-state index in [4.69, 9.17) is 23.2 Å². The Labute approximate surface area is 127 Å². The Morgan fingerprint density at radius 2 is 1.90 bits per heavy atom. The Morgan fingerprint density at radius 3 is 2.50 bits per heavy atom. The van der Waals surface area contributed by atoms with Gasteiger partial charge in [0.25, 0.3) is 5.91 Å². The third-order valence-electron chi connectivity index (χ3n) is 2.76. The molecule has 6 heteroatoms. The van der Waals surface area contributed by atoms with Crippen LogP contribution in [0, 0.1) is 6.92 Å². The van der Waals surface area contributed by atoms with E-state index in [-0.39, 0.29) is 5.91 Å². The van der Waals surface area contributed by atoms with Crippen molar-refractivity contribution in [2.24, 2.45) is 0 Å². The fraction of sp³-hybridized carbons (Fsp3) is 0.143. The highest BCUT2D eigenvalue weighted by Crippen LogP contribution is 2.30. The molecule has 1 heterocycles. The molecule has 1 aromatic carbocycles. The first-order valence-corrected chi connectivity index (χ1v) is 6.68. The first-order valence-electron chi connectivity index (χ1n) is 5.92. The van der Waals surface area contributed by atoms with Crippen LogP contribution in [-0.4, -0.2) is 17.9 Å². The average Bonchev–Trinajstić information content (AvgIpc) is 2.42. The van der Waals surface area contributed by atoms with Gasteiger partial charge in [0.1, 0.15) is 0 Å². The number of hydrogen-bond acceptors (Lipinski definition) is 3. The van der Waals surface area contributed by atoms with Crippen molar-refractivity contribution < 1.29 is 4.79 Å². The number of aromatic nitrogens is 1. The lowest BCUT2D eigenvalue weighted by atomic mass is 10.2. The molecule has 0 saturated carbocycles. The van der Waals surface area contributed by atoms with Crippen molar-refractivity contribution in [3.05, 3.63) is 51.8 Å². The summed E-state index contributed by atoms with van der Waals surface area (Å²) in [6.07, 6.45) is 1.52. The molecule has 104 valence electrons. The maximum absolute atomic E-state index is 12.3. The fourth-order valence-corrected chi connectivity index (χ4v) is 2.24. The molecule has 2 rings (SSSR count). The Kier molecular flexibility index (Phi) is 4.47. The van der Waals surface area contributed by atoms with Gasteiger partial charge in [0.15, 0.2) is 0 Å². The van der Waals surface area contributed by atoms with Crippen LogP contribution in [0.3, 0.4) is 0 Å². The molecule has 2 N–H and O–H groups in total. The molecule has 0 aliphatic rings. The maximum Gasteiger partial charge on any atom is 0.259 e. The van der Waals surface area contributed by atoms with E-state index in [1.807, 2.05) is 6.92 Å². The van der Waals surface area contributed by atoms with Crippen molar-refractivity contribution in [1.29, 1.82) is 0 Å². The number of hydrogen-bond donors (Lipinski definition) is 2. The van der Waals surface area contributed by atoms with Crippen molar-refractivity contribution in [2.75, 3.05) is 17.7 Å². The third-order valence-corrected chi connectivity index (χ3v) is 3.39. The topological polar surface area (TPSA) is 54.0 Å². The summed E-state index contributed by atoms with van der Waals surface area (Å²) in [5.74, 6) is -0.322.